The molecule has 0 aliphatic carbocycles. The molecule has 1 atom stereocenters. The third kappa shape index (κ3) is 2.93. The van der Waals surface area contributed by atoms with Gasteiger partial charge in [-0.15, -0.1) is 0 Å². The number of nitro benzene ring substituents is 1. The Morgan fingerprint density at radius 2 is 2.30 bits per heavy atom. The van der Waals surface area contributed by atoms with Crippen LogP contribution in [0.15, 0.2) is 18.2 Å². The summed E-state index contributed by atoms with van der Waals surface area (Å²) in [4.78, 5) is 33.3. The van der Waals surface area contributed by atoms with E-state index in [2.05, 4.69) is 10.6 Å². The topological polar surface area (TPSA) is 101 Å². The molecule has 7 nitrogen and oxygen atoms in total. The van der Waals surface area contributed by atoms with Gasteiger partial charge in [-0.3, -0.25) is 19.7 Å². The van der Waals surface area contributed by atoms with Crippen LogP contribution < -0.4 is 10.6 Å². The second-order valence-electron chi connectivity index (χ2n) is 4.74. The Kier molecular flexibility index (Phi) is 3.97. The summed E-state index contributed by atoms with van der Waals surface area (Å²) in [7, 11) is 0. The number of carbonyl (C=O) groups excluding carboxylic acids is 2. The minimum atomic E-state index is -0.444. The lowest BCUT2D eigenvalue weighted by molar-refractivity contribution is -0.385. The highest BCUT2D eigenvalue weighted by Gasteiger charge is 2.27. The summed E-state index contributed by atoms with van der Waals surface area (Å²) in [6.07, 6.45) is 0.194. The highest BCUT2D eigenvalue weighted by Crippen LogP contribution is 2.21. The van der Waals surface area contributed by atoms with Gasteiger partial charge < -0.3 is 10.6 Å². The molecule has 2 rings (SSSR count). The number of carbonyl (C=O) groups is 2. The maximum absolute atomic E-state index is 11.9. The van der Waals surface area contributed by atoms with Crippen molar-refractivity contribution >= 4 is 17.5 Å². The summed E-state index contributed by atoms with van der Waals surface area (Å²) < 4.78 is 0. The number of amides is 2. The molecule has 1 heterocycles. The lowest BCUT2D eigenvalue weighted by atomic mass is 10.1. The van der Waals surface area contributed by atoms with Crippen molar-refractivity contribution in [3.8, 4) is 0 Å². The van der Waals surface area contributed by atoms with Crippen LogP contribution in [0, 0.1) is 23.0 Å². The maximum atomic E-state index is 11.9. The zero-order valence-electron chi connectivity index (χ0n) is 11.0. The van der Waals surface area contributed by atoms with E-state index in [1.54, 1.807) is 19.1 Å². The number of hydrogen-bond donors (Lipinski definition) is 2. The van der Waals surface area contributed by atoms with Gasteiger partial charge in [0.2, 0.25) is 11.8 Å². The van der Waals surface area contributed by atoms with Crippen molar-refractivity contribution in [3.63, 3.8) is 0 Å². The molecular weight excluding hydrogens is 262 g/mol. The monoisotopic (exact) mass is 277 g/mol. The van der Waals surface area contributed by atoms with Gasteiger partial charge in [-0.25, -0.2) is 0 Å². The van der Waals surface area contributed by atoms with Crippen LogP contribution in [0.2, 0.25) is 0 Å². The van der Waals surface area contributed by atoms with Gasteiger partial charge in [0.25, 0.3) is 5.69 Å². The van der Waals surface area contributed by atoms with Crippen LogP contribution in [-0.4, -0.2) is 23.3 Å². The number of benzene rings is 1. The molecule has 7 heteroatoms. The predicted octanol–water partition coefficient (Wildman–Crippen LogP) is 0.656. The van der Waals surface area contributed by atoms with Crippen LogP contribution in [0.1, 0.15) is 17.5 Å². The maximum Gasteiger partial charge on any atom is 0.272 e. The normalized spacial score (nSPS) is 17.6. The van der Waals surface area contributed by atoms with Crippen molar-refractivity contribution in [2.75, 3.05) is 6.54 Å². The molecule has 1 aliphatic heterocycles. The van der Waals surface area contributed by atoms with Crippen LogP contribution in [0.25, 0.3) is 0 Å². The Hall–Kier alpha value is -2.44. The first-order valence-electron chi connectivity index (χ1n) is 6.26. The standard InChI is InChI=1S/C13H15N3O4/c1-8-9(3-2-4-11(8)16(19)20)6-15-13(18)10-5-12(17)14-7-10/h2-4,10H,5-7H2,1H3,(H,14,17)(H,15,18). The summed E-state index contributed by atoms with van der Waals surface area (Å²) in [6, 6.07) is 4.76. The van der Waals surface area contributed by atoms with Crippen LogP contribution in [0.3, 0.4) is 0 Å². The van der Waals surface area contributed by atoms with E-state index in [-0.39, 0.29) is 36.4 Å². The van der Waals surface area contributed by atoms with Gasteiger partial charge in [0.15, 0.2) is 0 Å². The highest BCUT2D eigenvalue weighted by molar-refractivity contribution is 5.89. The summed E-state index contributed by atoms with van der Waals surface area (Å²) in [5.74, 6) is -0.701. The molecule has 2 amide bonds. The van der Waals surface area contributed by atoms with Gasteiger partial charge in [-0.2, -0.15) is 0 Å². The van der Waals surface area contributed by atoms with E-state index in [0.717, 1.165) is 0 Å². The van der Waals surface area contributed by atoms with E-state index in [4.69, 9.17) is 0 Å². The second kappa shape index (κ2) is 5.68. The summed E-state index contributed by atoms with van der Waals surface area (Å²) in [5.41, 5.74) is 1.28. The van der Waals surface area contributed by atoms with Crippen LogP contribution in [0.4, 0.5) is 5.69 Å². The second-order valence-corrected chi connectivity index (χ2v) is 4.74. The lowest BCUT2D eigenvalue weighted by Gasteiger charge is -2.11. The van der Waals surface area contributed by atoms with E-state index in [0.29, 0.717) is 17.7 Å². The van der Waals surface area contributed by atoms with E-state index >= 15 is 0 Å². The van der Waals surface area contributed by atoms with Crippen molar-refractivity contribution in [1.29, 1.82) is 0 Å². The zero-order chi connectivity index (χ0) is 14.7. The van der Waals surface area contributed by atoms with Crippen molar-refractivity contribution in [3.05, 3.63) is 39.4 Å². The van der Waals surface area contributed by atoms with Gasteiger partial charge in [0, 0.05) is 31.1 Å². The molecule has 2 N–H and O–H groups in total. The fourth-order valence-electron chi connectivity index (χ4n) is 2.18. The smallest absolute Gasteiger partial charge is 0.272 e. The summed E-state index contributed by atoms with van der Waals surface area (Å²) >= 11 is 0. The molecule has 1 unspecified atom stereocenters. The van der Waals surface area contributed by atoms with Gasteiger partial charge in [-0.1, -0.05) is 12.1 Å². The zero-order valence-corrected chi connectivity index (χ0v) is 11.0. The predicted molar refractivity (Wildman–Crippen MR) is 70.8 cm³/mol. The molecule has 0 saturated carbocycles. The fraction of sp³-hybridized carbons (Fsp3) is 0.385. The quantitative estimate of drug-likeness (QED) is 0.623. The molecule has 1 aliphatic rings. The average molecular weight is 277 g/mol. The van der Waals surface area contributed by atoms with Crippen LogP contribution in [0.5, 0.6) is 0 Å². The fourth-order valence-corrected chi connectivity index (χ4v) is 2.18. The summed E-state index contributed by atoms with van der Waals surface area (Å²) in [5, 5.41) is 16.1. The first-order valence-corrected chi connectivity index (χ1v) is 6.26. The molecule has 0 bridgehead atoms. The summed E-state index contributed by atoms with van der Waals surface area (Å²) in [6.45, 7) is 2.22. The Labute approximate surface area is 115 Å². The van der Waals surface area contributed by atoms with E-state index in [1.807, 2.05) is 0 Å². The molecular formula is C13H15N3O4. The van der Waals surface area contributed by atoms with Gasteiger partial charge in [-0.05, 0) is 12.5 Å². The first-order chi connectivity index (χ1) is 9.49. The lowest BCUT2D eigenvalue weighted by Crippen LogP contribution is -2.31. The number of nitro groups is 1. The SMILES string of the molecule is Cc1c(CNC(=O)C2CNC(=O)C2)cccc1[N+](=O)[O-]. The third-order valence-electron chi connectivity index (χ3n) is 3.42. The van der Waals surface area contributed by atoms with E-state index in [1.165, 1.54) is 6.07 Å². The van der Waals surface area contributed by atoms with Gasteiger partial charge in [0.1, 0.15) is 0 Å². The molecule has 1 aromatic rings. The van der Waals surface area contributed by atoms with Crippen molar-refractivity contribution in [1.82, 2.24) is 10.6 Å². The highest BCUT2D eigenvalue weighted by atomic mass is 16.6. The molecule has 20 heavy (non-hydrogen) atoms. The minimum absolute atomic E-state index is 0.0365. The first kappa shape index (κ1) is 14.0. The van der Waals surface area contributed by atoms with Crippen molar-refractivity contribution in [2.45, 2.75) is 19.9 Å². The number of rotatable bonds is 4. The molecule has 1 aromatic carbocycles. The van der Waals surface area contributed by atoms with Gasteiger partial charge >= 0.3 is 0 Å². The Morgan fingerprint density at radius 1 is 1.55 bits per heavy atom. The molecule has 0 spiro atoms. The number of nitrogens with zero attached hydrogens (tertiary/aromatic N) is 1. The average Bonchev–Trinajstić information content (AvgIpc) is 2.83. The number of hydrogen-bond acceptors (Lipinski definition) is 4. The molecule has 1 saturated heterocycles. The third-order valence-corrected chi connectivity index (χ3v) is 3.42. The largest absolute Gasteiger partial charge is 0.355 e. The van der Waals surface area contributed by atoms with E-state index < -0.39 is 4.92 Å². The number of nitrogens with one attached hydrogen (secondary N) is 2. The Morgan fingerprint density at radius 3 is 2.90 bits per heavy atom. The van der Waals surface area contributed by atoms with Crippen molar-refractivity contribution in [2.24, 2.45) is 5.92 Å². The van der Waals surface area contributed by atoms with E-state index in [9.17, 15) is 19.7 Å². The minimum Gasteiger partial charge on any atom is -0.355 e. The molecule has 1 fully saturated rings. The van der Waals surface area contributed by atoms with Crippen LogP contribution in [-0.2, 0) is 16.1 Å². The Bertz CT molecular complexity index is 571. The molecule has 0 aromatic heterocycles. The van der Waals surface area contributed by atoms with Gasteiger partial charge in [0.05, 0.1) is 10.8 Å². The van der Waals surface area contributed by atoms with Crippen LogP contribution >= 0.6 is 0 Å². The van der Waals surface area contributed by atoms with Crippen molar-refractivity contribution < 1.29 is 14.5 Å². The molecule has 106 valence electrons. The molecule has 0 radical (unpaired) electrons. The Balaban J connectivity index is 2.01.